The number of aromatic hydroxyl groups is 1. The monoisotopic (exact) mass is 151 g/mol. The van der Waals surface area contributed by atoms with Gasteiger partial charge in [-0.3, -0.25) is 12.8 Å². The maximum absolute atomic E-state index is 9.07. The van der Waals surface area contributed by atoms with Gasteiger partial charge in [0.25, 0.3) is 6.07 Å². The number of hydrogen-bond acceptors (Lipinski definition) is 2. The fraction of sp³-hybridized carbons (Fsp3) is 0. The van der Waals surface area contributed by atoms with Crippen LogP contribution in [0.3, 0.4) is 0 Å². The Morgan fingerprint density at radius 1 is 1.40 bits per heavy atom. The van der Waals surface area contributed by atoms with E-state index in [9.17, 15) is 0 Å². The number of hydrogen-bond donors (Lipinski definition) is 1. The molecule has 0 fully saturated rings. The molecule has 0 aliphatic rings. The Labute approximate surface area is 64.5 Å². The number of nitrogens with zero attached hydrogens (tertiary/aromatic N) is 1. The second-order valence-corrected chi connectivity index (χ2v) is 1.90. The largest absolute Gasteiger partial charge is 0.506 e. The minimum absolute atomic E-state index is 0.149. The van der Waals surface area contributed by atoms with Crippen LogP contribution in [-0.2, 0) is 12.8 Å². The Balaban J connectivity index is 3.11. The minimum atomic E-state index is 0.149. The molecule has 3 heteroatoms. The van der Waals surface area contributed by atoms with Crippen LogP contribution in [0.2, 0.25) is 0 Å². The summed E-state index contributed by atoms with van der Waals surface area (Å²) >= 11 is 4.30. The summed E-state index contributed by atoms with van der Waals surface area (Å²) in [5.74, 6) is 0.149. The average molecular weight is 151 g/mol. The van der Waals surface area contributed by atoms with Gasteiger partial charge >= 0.3 is 0 Å². The molecule has 0 heterocycles. The molecular weight excluding hydrogens is 146 g/mol. The molecule has 0 saturated carbocycles. The van der Waals surface area contributed by atoms with Crippen molar-refractivity contribution >= 4 is 12.8 Å². The molecule has 0 saturated heterocycles. The fourth-order valence-corrected chi connectivity index (χ4v) is 0.716. The van der Waals surface area contributed by atoms with Crippen LogP contribution in [0.4, 0.5) is 0 Å². The smallest absolute Gasteiger partial charge is 0.295 e. The van der Waals surface area contributed by atoms with Crippen LogP contribution < -0.4 is 0 Å². The Hall–Kier alpha value is -1.27. The summed E-state index contributed by atoms with van der Waals surface area (Å²) in [6.07, 6.45) is 0. The molecule has 0 spiro atoms. The summed E-state index contributed by atoms with van der Waals surface area (Å²) in [5.41, 5.74) is 0.525. The van der Waals surface area contributed by atoms with Gasteiger partial charge in [-0.05, 0) is 12.1 Å². The molecular formula is C7H5NOS. The van der Waals surface area contributed by atoms with E-state index in [1.165, 1.54) is 0 Å². The first-order valence-electron chi connectivity index (χ1n) is 2.71. The van der Waals surface area contributed by atoms with E-state index in [-0.39, 0.29) is 5.75 Å². The van der Waals surface area contributed by atoms with Gasteiger partial charge in [-0.1, -0.05) is 12.1 Å². The van der Waals surface area contributed by atoms with Crippen LogP contribution in [-0.4, -0.2) is 5.11 Å². The first-order valence-corrected chi connectivity index (χ1v) is 3.07. The normalized spacial score (nSPS) is 8.00. The number of rotatable bonds is 0. The van der Waals surface area contributed by atoms with E-state index in [0.717, 1.165) is 0 Å². The summed E-state index contributed by atoms with van der Waals surface area (Å²) in [7, 11) is 0. The SMILES string of the molecule is Oc1ccccc1C#[N+][S-]. The molecule has 0 bridgehead atoms. The van der Waals surface area contributed by atoms with E-state index in [4.69, 9.17) is 5.11 Å². The first kappa shape index (κ1) is 6.84. The molecule has 0 aliphatic heterocycles. The molecule has 1 N–H and O–H groups in total. The number of phenols is 1. The Morgan fingerprint density at radius 3 is 2.70 bits per heavy atom. The van der Waals surface area contributed by atoms with Gasteiger partial charge in [-0.25, -0.2) is 0 Å². The van der Waals surface area contributed by atoms with E-state index in [2.05, 4.69) is 23.1 Å². The second kappa shape index (κ2) is 3.04. The van der Waals surface area contributed by atoms with Crippen molar-refractivity contribution in [3.63, 3.8) is 0 Å². The third-order valence-corrected chi connectivity index (χ3v) is 1.16. The highest BCUT2D eigenvalue weighted by molar-refractivity contribution is 7.61. The van der Waals surface area contributed by atoms with Crippen molar-refractivity contribution in [3.8, 4) is 11.8 Å². The van der Waals surface area contributed by atoms with Gasteiger partial charge in [0.1, 0.15) is 11.3 Å². The molecule has 1 aromatic rings. The summed E-state index contributed by atoms with van der Waals surface area (Å²) < 4.78 is 3.24. The van der Waals surface area contributed by atoms with E-state index in [1.54, 1.807) is 24.3 Å². The molecule has 1 rings (SSSR count). The van der Waals surface area contributed by atoms with Crippen LogP contribution in [0.5, 0.6) is 5.75 Å². The molecule has 0 amide bonds. The lowest BCUT2D eigenvalue weighted by molar-refractivity contribution is 0.473. The van der Waals surface area contributed by atoms with Gasteiger partial charge in [0.15, 0.2) is 0 Å². The topological polar surface area (TPSA) is 24.6 Å². The van der Waals surface area contributed by atoms with Crippen molar-refractivity contribution in [2.45, 2.75) is 0 Å². The molecule has 0 aliphatic carbocycles. The van der Waals surface area contributed by atoms with Crippen LogP contribution in [0.1, 0.15) is 5.56 Å². The van der Waals surface area contributed by atoms with E-state index >= 15 is 0 Å². The third-order valence-electron chi connectivity index (χ3n) is 1.07. The molecule has 0 unspecified atom stereocenters. The van der Waals surface area contributed by atoms with E-state index < -0.39 is 0 Å². The Bertz CT molecular complexity index is 287. The zero-order chi connectivity index (χ0) is 7.40. The highest BCUT2D eigenvalue weighted by atomic mass is 32.1. The van der Waals surface area contributed by atoms with Crippen LogP contribution in [0.15, 0.2) is 24.3 Å². The minimum Gasteiger partial charge on any atom is -0.506 e. The first-order chi connectivity index (χ1) is 4.84. The molecule has 0 radical (unpaired) electrons. The molecule has 0 aromatic heterocycles. The quantitative estimate of drug-likeness (QED) is 0.569. The summed E-state index contributed by atoms with van der Waals surface area (Å²) in [6, 6.07) is 9.22. The molecule has 2 nitrogen and oxygen atoms in total. The summed E-state index contributed by atoms with van der Waals surface area (Å²) in [4.78, 5) is 0. The summed E-state index contributed by atoms with van der Waals surface area (Å²) in [5, 5.41) is 9.07. The Kier molecular flexibility index (Phi) is 2.08. The van der Waals surface area contributed by atoms with Crippen molar-refractivity contribution in [3.05, 3.63) is 34.1 Å². The van der Waals surface area contributed by atoms with Crippen molar-refractivity contribution in [2.75, 3.05) is 0 Å². The predicted molar refractivity (Wildman–Crippen MR) is 41.8 cm³/mol. The molecule has 10 heavy (non-hydrogen) atoms. The standard InChI is InChI=1S/C7H5NOS/c9-7-4-2-1-3-6(7)5-8-10/h1-4,9H. The van der Waals surface area contributed by atoms with Crippen molar-refractivity contribution in [2.24, 2.45) is 0 Å². The van der Waals surface area contributed by atoms with E-state index in [1.807, 2.05) is 0 Å². The summed E-state index contributed by atoms with van der Waals surface area (Å²) in [6.45, 7) is 0. The predicted octanol–water partition coefficient (Wildman–Crippen LogP) is 1.54. The van der Waals surface area contributed by atoms with Gasteiger partial charge in [0.2, 0.25) is 0 Å². The Morgan fingerprint density at radius 2 is 2.10 bits per heavy atom. The lowest BCUT2D eigenvalue weighted by atomic mass is 10.2. The van der Waals surface area contributed by atoms with Crippen LogP contribution in [0.25, 0.3) is 4.25 Å². The molecule has 0 atom stereocenters. The van der Waals surface area contributed by atoms with Crippen molar-refractivity contribution < 1.29 is 5.11 Å². The second-order valence-electron chi connectivity index (χ2n) is 1.72. The maximum Gasteiger partial charge on any atom is 0.295 e. The maximum atomic E-state index is 9.07. The van der Waals surface area contributed by atoms with Gasteiger partial charge < -0.3 is 5.11 Å². The van der Waals surface area contributed by atoms with Crippen molar-refractivity contribution in [1.29, 1.82) is 0 Å². The van der Waals surface area contributed by atoms with Gasteiger partial charge in [-0.15, -0.1) is 0 Å². The average Bonchev–Trinajstić information content (AvgIpc) is 1.94. The van der Waals surface area contributed by atoms with Gasteiger partial charge in [0, 0.05) is 0 Å². The molecule has 1 aromatic carbocycles. The van der Waals surface area contributed by atoms with Crippen LogP contribution >= 0.6 is 0 Å². The van der Waals surface area contributed by atoms with Crippen LogP contribution in [0, 0.1) is 6.07 Å². The molecule has 50 valence electrons. The van der Waals surface area contributed by atoms with Gasteiger partial charge in [-0.2, -0.15) is 4.25 Å². The zero-order valence-electron chi connectivity index (χ0n) is 5.11. The number of phenolic OH excluding ortho intramolecular Hbond substituents is 1. The van der Waals surface area contributed by atoms with E-state index in [0.29, 0.717) is 5.56 Å². The lowest BCUT2D eigenvalue weighted by Gasteiger charge is -1.88. The number of para-hydroxylation sites is 1. The van der Waals surface area contributed by atoms with Crippen molar-refractivity contribution in [1.82, 2.24) is 0 Å². The highest BCUT2D eigenvalue weighted by Gasteiger charge is 1.97. The fourth-order valence-electron chi connectivity index (χ4n) is 0.617. The number of benzene rings is 1. The highest BCUT2D eigenvalue weighted by Crippen LogP contribution is 2.13. The third kappa shape index (κ3) is 1.36. The lowest BCUT2D eigenvalue weighted by Crippen LogP contribution is -1.72. The van der Waals surface area contributed by atoms with Gasteiger partial charge in [0.05, 0.1) is 0 Å². The zero-order valence-corrected chi connectivity index (χ0v) is 5.93.